The van der Waals surface area contributed by atoms with E-state index in [1.165, 1.54) is 17.0 Å². The molecule has 2 aromatic rings. The summed E-state index contributed by atoms with van der Waals surface area (Å²) < 4.78 is 10.4. The van der Waals surface area contributed by atoms with Gasteiger partial charge in [-0.25, -0.2) is 4.79 Å². The summed E-state index contributed by atoms with van der Waals surface area (Å²) in [7, 11) is 0. The minimum atomic E-state index is -1.10. The molecule has 0 aliphatic heterocycles. The van der Waals surface area contributed by atoms with Crippen LogP contribution in [0.5, 0.6) is 5.75 Å². The molecule has 0 saturated carbocycles. The molecule has 224 valence electrons. The van der Waals surface area contributed by atoms with Gasteiger partial charge in [-0.05, 0) is 71.7 Å². The molecule has 0 spiro atoms. The molecule has 0 heterocycles. The van der Waals surface area contributed by atoms with Crippen LogP contribution in [0.1, 0.15) is 72.1 Å². The van der Waals surface area contributed by atoms with E-state index >= 15 is 0 Å². The average Bonchev–Trinajstić information content (AvgIpc) is 2.86. The van der Waals surface area contributed by atoms with Crippen LogP contribution in [-0.4, -0.2) is 64.2 Å². The number of aromatic hydroxyl groups is 1. The van der Waals surface area contributed by atoms with Crippen molar-refractivity contribution in [2.45, 2.75) is 84.5 Å². The number of benzene rings is 2. The Balaban J connectivity index is 2.50. The molecule has 3 amide bonds. The summed E-state index contributed by atoms with van der Waals surface area (Å²) in [6.45, 7) is 12.5. The van der Waals surface area contributed by atoms with Gasteiger partial charge >= 0.3 is 12.1 Å². The number of nitrogens with zero attached hydrogens (tertiary/aromatic N) is 1. The van der Waals surface area contributed by atoms with Crippen molar-refractivity contribution < 1.29 is 33.8 Å². The monoisotopic (exact) mass is 569 g/mol. The summed E-state index contributed by atoms with van der Waals surface area (Å²) in [5.41, 5.74) is -0.434. The van der Waals surface area contributed by atoms with Gasteiger partial charge in [0.25, 0.3) is 0 Å². The predicted molar refractivity (Wildman–Crippen MR) is 155 cm³/mol. The molecule has 2 atom stereocenters. The first-order valence-corrected chi connectivity index (χ1v) is 13.7. The van der Waals surface area contributed by atoms with Crippen LogP contribution in [0.15, 0.2) is 54.6 Å². The number of phenols is 1. The summed E-state index contributed by atoms with van der Waals surface area (Å²) in [4.78, 5) is 54.3. The normalized spacial score (nSPS) is 13.0. The molecule has 2 rings (SSSR count). The summed E-state index contributed by atoms with van der Waals surface area (Å²) in [6, 6.07) is 13.0. The number of rotatable bonds is 11. The maximum atomic E-state index is 14.4. The van der Waals surface area contributed by atoms with Crippen molar-refractivity contribution >= 4 is 23.9 Å². The minimum Gasteiger partial charge on any atom is -0.508 e. The number of alkyl carbamates (subject to hydrolysis) is 1. The number of esters is 1. The number of phenolic OH excluding ortho intramolecular Hbond substituents is 1. The van der Waals surface area contributed by atoms with Crippen molar-refractivity contribution in [3.8, 4) is 5.75 Å². The van der Waals surface area contributed by atoms with E-state index in [9.17, 15) is 24.3 Å². The summed E-state index contributed by atoms with van der Waals surface area (Å²) in [6.07, 6.45) is -0.718. The lowest BCUT2D eigenvalue weighted by Crippen LogP contribution is -2.59. The van der Waals surface area contributed by atoms with Gasteiger partial charge in [-0.15, -0.1) is 0 Å². The molecule has 0 saturated heterocycles. The van der Waals surface area contributed by atoms with Crippen LogP contribution in [0, 0.1) is 0 Å². The molecule has 0 aliphatic carbocycles. The van der Waals surface area contributed by atoms with Crippen LogP contribution in [0.4, 0.5) is 4.79 Å². The summed E-state index contributed by atoms with van der Waals surface area (Å²) >= 11 is 0. The maximum Gasteiger partial charge on any atom is 0.408 e. The van der Waals surface area contributed by atoms with E-state index in [1.807, 2.05) is 0 Å². The number of nitrogens with one attached hydrogen (secondary N) is 2. The van der Waals surface area contributed by atoms with Crippen molar-refractivity contribution in [2.24, 2.45) is 0 Å². The molecule has 0 aliphatic rings. The van der Waals surface area contributed by atoms with Gasteiger partial charge in [0.15, 0.2) is 0 Å². The van der Waals surface area contributed by atoms with Gasteiger partial charge in [0.05, 0.1) is 13.0 Å². The van der Waals surface area contributed by atoms with Crippen LogP contribution >= 0.6 is 0 Å². The molecule has 2 aromatic carbocycles. The van der Waals surface area contributed by atoms with Crippen molar-refractivity contribution in [1.82, 2.24) is 15.5 Å². The molecule has 0 aromatic heterocycles. The topological polar surface area (TPSA) is 134 Å². The number of carbonyl (C=O) groups excluding carboxylic acids is 4. The first-order chi connectivity index (χ1) is 19.1. The van der Waals surface area contributed by atoms with Gasteiger partial charge in [-0.3, -0.25) is 14.4 Å². The molecule has 0 radical (unpaired) electrons. The predicted octanol–water partition coefficient (Wildman–Crippen LogP) is 4.27. The SMILES string of the molecule is CCOC(=O)CCNC(=O)C(c1ccccc1)N(C(=O)C(Cc1ccc(O)cc1)NC(=O)OC(C)(C)C)C(C)(C)C. The second-order valence-electron chi connectivity index (χ2n) is 11.6. The van der Waals surface area contributed by atoms with Crippen LogP contribution in [0.3, 0.4) is 0 Å². The minimum absolute atomic E-state index is 0.0196. The average molecular weight is 570 g/mol. The van der Waals surface area contributed by atoms with Crippen molar-refractivity contribution in [3.63, 3.8) is 0 Å². The second kappa shape index (κ2) is 14.5. The zero-order valence-electron chi connectivity index (χ0n) is 25.0. The van der Waals surface area contributed by atoms with Gasteiger partial charge in [0.1, 0.15) is 23.4 Å². The largest absolute Gasteiger partial charge is 0.508 e. The number of hydrogen-bond acceptors (Lipinski definition) is 7. The maximum absolute atomic E-state index is 14.4. The first-order valence-electron chi connectivity index (χ1n) is 13.7. The highest BCUT2D eigenvalue weighted by molar-refractivity contribution is 5.93. The summed E-state index contributed by atoms with van der Waals surface area (Å²) in [5, 5.41) is 15.2. The molecule has 0 bridgehead atoms. The second-order valence-corrected chi connectivity index (χ2v) is 11.6. The Morgan fingerprint density at radius 3 is 2.07 bits per heavy atom. The van der Waals surface area contributed by atoms with Crippen molar-refractivity contribution in [1.29, 1.82) is 0 Å². The summed E-state index contributed by atoms with van der Waals surface area (Å²) in [5.74, 6) is -1.37. The van der Waals surface area contributed by atoms with Gasteiger partial charge in [0, 0.05) is 18.5 Å². The number of carbonyl (C=O) groups is 4. The van der Waals surface area contributed by atoms with Crippen LogP contribution in [0.2, 0.25) is 0 Å². The smallest absolute Gasteiger partial charge is 0.408 e. The van der Waals surface area contributed by atoms with E-state index in [1.54, 1.807) is 90.9 Å². The first kappa shape index (κ1) is 33.1. The van der Waals surface area contributed by atoms with Gasteiger partial charge in [0.2, 0.25) is 11.8 Å². The number of ether oxygens (including phenoxy) is 2. The zero-order valence-corrected chi connectivity index (χ0v) is 25.0. The van der Waals surface area contributed by atoms with E-state index in [0.29, 0.717) is 11.1 Å². The Morgan fingerprint density at radius 1 is 0.927 bits per heavy atom. The van der Waals surface area contributed by atoms with Crippen molar-refractivity contribution in [2.75, 3.05) is 13.2 Å². The Bertz CT molecular complexity index is 1170. The fraction of sp³-hybridized carbons (Fsp3) is 0.484. The standard InChI is InChI=1S/C31H43N3O7/c1-8-40-25(36)18-19-32-27(37)26(22-12-10-9-11-13-22)34(30(2,3)4)28(38)24(33-29(39)41-31(5,6)7)20-21-14-16-23(35)17-15-21/h9-17,24,26,35H,8,18-20H2,1-7H3,(H,32,37)(H,33,39). The quantitative estimate of drug-likeness (QED) is 0.344. The highest BCUT2D eigenvalue weighted by Crippen LogP contribution is 2.30. The molecule has 10 nitrogen and oxygen atoms in total. The van der Waals surface area contributed by atoms with Crippen LogP contribution in [0.25, 0.3) is 0 Å². The lowest BCUT2D eigenvalue weighted by molar-refractivity contribution is -0.149. The zero-order chi connectivity index (χ0) is 30.8. The fourth-order valence-corrected chi connectivity index (χ4v) is 4.20. The van der Waals surface area contributed by atoms with E-state index in [-0.39, 0.29) is 31.7 Å². The van der Waals surface area contributed by atoms with E-state index < -0.39 is 47.1 Å². The Kier molecular flexibility index (Phi) is 11.7. The lowest BCUT2D eigenvalue weighted by Gasteiger charge is -2.43. The van der Waals surface area contributed by atoms with E-state index in [2.05, 4.69) is 10.6 Å². The van der Waals surface area contributed by atoms with Gasteiger partial charge in [-0.2, -0.15) is 0 Å². The van der Waals surface area contributed by atoms with Crippen molar-refractivity contribution in [3.05, 3.63) is 65.7 Å². The highest BCUT2D eigenvalue weighted by Gasteiger charge is 2.41. The van der Waals surface area contributed by atoms with Crippen LogP contribution in [-0.2, 0) is 30.3 Å². The van der Waals surface area contributed by atoms with Crippen LogP contribution < -0.4 is 10.6 Å². The Hall–Kier alpha value is -4.08. The Labute approximate surface area is 242 Å². The Morgan fingerprint density at radius 2 is 1.54 bits per heavy atom. The number of amides is 3. The lowest BCUT2D eigenvalue weighted by atomic mass is 9.94. The molecule has 3 N–H and O–H groups in total. The number of hydrogen-bond donors (Lipinski definition) is 3. The molecule has 10 heteroatoms. The third kappa shape index (κ3) is 10.8. The molecular formula is C31H43N3O7. The van der Waals surface area contributed by atoms with E-state index in [4.69, 9.17) is 9.47 Å². The fourth-order valence-electron chi connectivity index (χ4n) is 4.20. The third-order valence-electron chi connectivity index (χ3n) is 5.88. The van der Waals surface area contributed by atoms with E-state index in [0.717, 1.165) is 0 Å². The van der Waals surface area contributed by atoms with Gasteiger partial charge < -0.3 is 30.1 Å². The third-order valence-corrected chi connectivity index (χ3v) is 5.88. The molecule has 41 heavy (non-hydrogen) atoms. The van der Waals surface area contributed by atoms with Gasteiger partial charge in [-0.1, -0.05) is 42.5 Å². The molecule has 0 fully saturated rings. The molecule has 2 unspecified atom stereocenters. The highest BCUT2D eigenvalue weighted by atomic mass is 16.6. The molecular weight excluding hydrogens is 526 g/mol.